The summed E-state index contributed by atoms with van der Waals surface area (Å²) in [7, 11) is -0.403. The lowest BCUT2D eigenvalue weighted by Gasteiger charge is -2.32. The molecule has 62 heavy (non-hydrogen) atoms. The van der Waals surface area contributed by atoms with Gasteiger partial charge < -0.3 is 13.7 Å². The minimum Gasteiger partial charge on any atom is -0.399 e. The minimum atomic E-state index is -0.403. The number of nitrogens with zero attached hydrogens (tertiary/aromatic N) is 1. The van der Waals surface area contributed by atoms with Gasteiger partial charge in [0.1, 0.15) is 0 Å². The quantitative estimate of drug-likeness (QED) is 0.166. The molecule has 9 aromatic carbocycles. The fourth-order valence-electron chi connectivity index (χ4n) is 10.7. The lowest BCUT2D eigenvalue weighted by atomic mass is 9.78. The minimum absolute atomic E-state index is 0.395. The molecule has 1 fully saturated rings. The smallest absolute Gasteiger partial charge is 0.399 e. The van der Waals surface area contributed by atoms with Crippen molar-refractivity contribution < 1.29 is 9.31 Å². The van der Waals surface area contributed by atoms with Gasteiger partial charge in [-0.25, -0.2) is 0 Å². The van der Waals surface area contributed by atoms with Gasteiger partial charge in [0.05, 0.1) is 27.8 Å². The Balaban J connectivity index is 1.05. The zero-order valence-electron chi connectivity index (χ0n) is 34.7. The molecule has 0 bridgehead atoms. The number of hydrogen-bond donors (Lipinski definition) is 0. The molecule has 0 atom stereocenters. The van der Waals surface area contributed by atoms with Crippen LogP contribution in [0.3, 0.4) is 0 Å². The maximum atomic E-state index is 6.50. The molecule has 0 N–H and O–H groups in total. The number of rotatable bonds is 3. The third kappa shape index (κ3) is 4.62. The van der Waals surface area contributed by atoms with E-state index in [9.17, 15) is 0 Å². The molecule has 0 aliphatic carbocycles. The predicted octanol–water partition coefficient (Wildman–Crippen LogP) is 15.5. The van der Waals surface area contributed by atoms with Crippen LogP contribution in [0.1, 0.15) is 27.7 Å². The molecule has 0 radical (unpaired) electrons. The van der Waals surface area contributed by atoms with Gasteiger partial charge in [-0.15, -0.1) is 22.7 Å². The monoisotopic (exact) mass is 831 g/mol. The molecular formula is C56H38BNO2S2. The van der Waals surface area contributed by atoms with Gasteiger partial charge in [0.2, 0.25) is 0 Å². The Hall–Kier alpha value is -6.28. The lowest BCUT2D eigenvalue weighted by Crippen LogP contribution is -2.41. The summed E-state index contributed by atoms with van der Waals surface area (Å²) in [6, 6.07) is 59.4. The molecule has 0 amide bonds. The summed E-state index contributed by atoms with van der Waals surface area (Å²) in [6.07, 6.45) is 0. The summed E-state index contributed by atoms with van der Waals surface area (Å²) < 4.78 is 20.7. The molecule has 0 unspecified atom stereocenters. The normalized spacial score (nSPS) is 15.5. The molecule has 13 aromatic rings. The second kappa shape index (κ2) is 12.2. The standard InChI is InChI=1S/C56H38BNO2S2/c1-55(2)56(3,4)60-57(59-55)32-21-27-49-45(28-32)41-26-23-35-34(16-11-17-39(35)54(41)61-49)44-30-50-46(40-22-20-31-12-5-6-13-33(31)53(40)62-50)29-43(44)37-24-25-38-36-14-7-9-18-47(36)58-48-19-10-8-15-42(48)51(37)52(38)58/h5-30H,1-4H3. The van der Waals surface area contributed by atoms with E-state index >= 15 is 0 Å². The van der Waals surface area contributed by atoms with E-state index in [-0.39, 0.29) is 0 Å². The highest BCUT2D eigenvalue weighted by Gasteiger charge is 2.51. The molecule has 14 rings (SSSR count). The van der Waals surface area contributed by atoms with E-state index < -0.39 is 18.3 Å². The zero-order valence-corrected chi connectivity index (χ0v) is 36.3. The third-order valence-electron chi connectivity index (χ3n) is 14.4. The van der Waals surface area contributed by atoms with E-state index in [1.54, 1.807) is 0 Å². The van der Waals surface area contributed by atoms with Crippen LogP contribution >= 0.6 is 22.7 Å². The van der Waals surface area contributed by atoms with E-state index in [0.29, 0.717) is 0 Å². The Labute approximate surface area is 365 Å². The summed E-state index contributed by atoms with van der Waals surface area (Å²) >= 11 is 3.80. The summed E-state index contributed by atoms with van der Waals surface area (Å²) in [5.74, 6) is 0. The van der Waals surface area contributed by atoms with Crippen LogP contribution < -0.4 is 5.46 Å². The highest BCUT2D eigenvalue weighted by Crippen LogP contribution is 2.50. The van der Waals surface area contributed by atoms with E-state index in [1.165, 1.54) is 122 Å². The maximum Gasteiger partial charge on any atom is 0.494 e. The number of aromatic nitrogens is 1. The van der Waals surface area contributed by atoms with Crippen molar-refractivity contribution in [1.29, 1.82) is 0 Å². The van der Waals surface area contributed by atoms with E-state index in [2.05, 4.69) is 190 Å². The van der Waals surface area contributed by atoms with Crippen molar-refractivity contribution in [2.75, 3.05) is 0 Å². The zero-order chi connectivity index (χ0) is 41.2. The average molecular weight is 832 g/mol. The Morgan fingerprint density at radius 3 is 1.84 bits per heavy atom. The van der Waals surface area contributed by atoms with Crippen molar-refractivity contribution in [3.8, 4) is 22.3 Å². The van der Waals surface area contributed by atoms with Crippen LogP contribution in [0.25, 0.3) is 122 Å². The first-order valence-electron chi connectivity index (χ1n) is 21.5. The molecule has 0 spiro atoms. The van der Waals surface area contributed by atoms with Crippen LogP contribution in [0.4, 0.5) is 0 Å². The van der Waals surface area contributed by atoms with Crippen molar-refractivity contribution in [3.05, 3.63) is 158 Å². The maximum absolute atomic E-state index is 6.50. The molecule has 4 aromatic heterocycles. The third-order valence-corrected chi connectivity index (χ3v) is 16.8. The van der Waals surface area contributed by atoms with E-state index in [4.69, 9.17) is 9.31 Å². The first-order chi connectivity index (χ1) is 30.2. The molecule has 294 valence electrons. The van der Waals surface area contributed by atoms with Crippen LogP contribution in [-0.4, -0.2) is 22.7 Å². The van der Waals surface area contributed by atoms with E-state index in [0.717, 1.165) is 5.46 Å². The van der Waals surface area contributed by atoms with Gasteiger partial charge in [0.15, 0.2) is 0 Å². The molecule has 5 heterocycles. The van der Waals surface area contributed by atoms with Crippen LogP contribution in [0, 0.1) is 0 Å². The van der Waals surface area contributed by atoms with Crippen LogP contribution in [0.2, 0.25) is 0 Å². The predicted molar refractivity (Wildman–Crippen MR) is 268 cm³/mol. The SMILES string of the molecule is CC1(C)OB(c2ccc3sc4c5cccc(-c6cc7sc8c9ccccc9ccc8c7cc6-c6ccc7c8ccccc8n8c9ccccc9c6c78)c5ccc4c3c2)OC1(C)C. The van der Waals surface area contributed by atoms with Gasteiger partial charge in [-0.3, -0.25) is 0 Å². The summed E-state index contributed by atoms with van der Waals surface area (Å²) in [5, 5.41) is 15.4. The molecule has 1 aliphatic rings. The highest BCUT2D eigenvalue weighted by molar-refractivity contribution is 7.27. The second-order valence-corrected chi connectivity index (χ2v) is 20.3. The van der Waals surface area contributed by atoms with Crippen molar-refractivity contribution in [2.24, 2.45) is 0 Å². The summed E-state index contributed by atoms with van der Waals surface area (Å²) in [4.78, 5) is 0. The summed E-state index contributed by atoms with van der Waals surface area (Å²) in [6.45, 7) is 8.47. The molecule has 0 saturated carbocycles. The van der Waals surface area contributed by atoms with E-state index in [1.807, 2.05) is 22.7 Å². The Morgan fingerprint density at radius 1 is 0.419 bits per heavy atom. The van der Waals surface area contributed by atoms with Crippen molar-refractivity contribution in [2.45, 2.75) is 38.9 Å². The van der Waals surface area contributed by atoms with Gasteiger partial charge in [-0.1, -0.05) is 127 Å². The second-order valence-electron chi connectivity index (χ2n) is 18.2. The van der Waals surface area contributed by atoms with Crippen LogP contribution in [0.15, 0.2) is 158 Å². The van der Waals surface area contributed by atoms with Gasteiger partial charge in [-0.05, 0) is 107 Å². The van der Waals surface area contributed by atoms with Gasteiger partial charge in [0, 0.05) is 61.9 Å². The number of thiophene rings is 2. The van der Waals surface area contributed by atoms with Crippen molar-refractivity contribution >= 4 is 135 Å². The number of benzene rings is 9. The van der Waals surface area contributed by atoms with Crippen LogP contribution in [-0.2, 0) is 9.31 Å². The van der Waals surface area contributed by atoms with Crippen molar-refractivity contribution in [1.82, 2.24) is 4.40 Å². The molecule has 1 aliphatic heterocycles. The Bertz CT molecular complexity index is 4060. The number of fused-ring (bicyclic) bond motifs is 16. The molecular weight excluding hydrogens is 794 g/mol. The van der Waals surface area contributed by atoms with Crippen molar-refractivity contribution in [3.63, 3.8) is 0 Å². The first kappa shape index (κ1) is 35.3. The fraction of sp³-hybridized carbons (Fsp3) is 0.107. The van der Waals surface area contributed by atoms with Gasteiger partial charge in [-0.2, -0.15) is 0 Å². The number of hydrogen-bond acceptors (Lipinski definition) is 4. The highest BCUT2D eigenvalue weighted by atomic mass is 32.1. The topological polar surface area (TPSA) is 22.9 Å². The average Bonchev–Trinajstić information content (AvgIpc) is 4.08. The van der Waals surface area contributed by atoms with Gasteiger partial charge in [0.25, 0.3) is 0 Å². The van der Waals surface area contributed by atoms with Crippen LogP contribution in [0.5, 0.6) is 0 Å². The molecule has 3 nitrogen and oxygen atoms in total. The Morgan fingerprint density at radius 2 is 1.02 bits per heavy atom. The molecule has 6 heteroatoms. The largest absolute Gasteiger partial charge is 0.494 e. The fourth-order valence-corrected chi connectivity index (χ4v) is 13.1. The first-order valence-corrected chi connectivity index (χ1v) is 23.1. The van der Waals surface area contributed by atoms with Gasteiger partial charge >= 0.3 is 7.12 Å². The lowest BCUT2D eigenvalue weighted by molar-refractivity contribution is 0.00578. The Kier molecular flexibility index (Phi) is 6.96. The summed E-state index contributed by atoms with van der Waals surface area (Å²) in [5.41, 5.74) is 9.08. The molecule has 1 saturated heterocycles. The number of para-hydroxylation sites is 2.